The van der Waals surface area contributed by atoms with E-state index < -0.39 is 11.9 Å². The van der Waals surface area contributed by atoms with Crippen LogP contribution in [0.25, 0.3) is 0 Å². The first-order chi connectivity index (χ1) is 5.49. The van der Waals surface area contributed by atoms with E-state index in [2.05, 4.69) is 10.3 Å². The Bertz CT molecular complexity index is 155. The van der Waals surface area contributed by atoms with Crippen LogP contribution in [0.4, 0.5) is 13.2 Å². The van der Waals surface area contributed by atoms with Gasteiger partial charge in [0, 0.05) is 13.6 Å². The molecule has 0 atom stereocenters. The molecule has 2 nitrogen and oxygen atoms in total. The monoisotopic (exact) mass is 200 g/mol. The summed E-state index contributed by atoms with van der Waals surface area (Å²) in [7, 11) is 1.46. The van der Waals surface area contributed by atoms with E-state index in [0.29, 0.717) is 23.5 Å². The van der Waals surface area contributed by atoms with Crippen LogP contribution in [0.3, 0.4) is 0 Å². The molecule has 0 bridgehead atoms. The molecule has 0 aliphatic heterocycles. The van der Waals surface area contributed by atoms with Gasteiger partial charge in [0.05, 0.1) is 5.75 Å². The van der Waals surface area contributed by atoms with E-state index in [0.717, 1.165) is 0 Å². The van der Waals surface area contributed by atoms with Crippen LogP contribution in [0.1, 0.15) is 6.92 Å². The molecule has 0 aromatic rings. The predicted molar refractivity (Wildman–Crippen MR) is 45.5 cm³/mol. The van der Waals surface area contributed by atoms with E-state index >= 15 is 0 Å². The van der Waals surface area contributed by atoms with Gasteiger partial charge in [0.15, 0.2) is 5.17 Å². The predicted octanol–water partition coefficient (Wildman–Crippen LogP) is 1.88. The molecule has 0 rings (SSSR count). The van der Waals surface area contributed by atoms with E-state index in [4.69, 9.17) is 0 Å². The van der Waals surface area contributed by atoms with Crippen LogP contribution >= 0.6 is 11.8 Å². The van der Waals surface area contributed by atoms with Crippen LogP contribution < -0.4 is 5.32 Å². The topological polar surface area (TPSA) is 24.4 Å². The lowest BCUT2D eigenvalue weighted by Crippen LogP contribution is -2.23. The number of aliphatic imine (C=N–C) groups is 1. The fourth-order valence-electron chi connectivity index (χ4n) is 0.496. The van der Waals surface area contributed by atoms with Crippen LogP contribution in [0.2, 0.25) is 0 Å². The lowest BCUT2D eigenvalue weighted by Gasteiger charge is -2.08. The van der Waals surface area contributed by atoms with Crippen LogP contribution in [0.15, 0.2) is 4.99 Å². The third kappa shape index (κ3) is 6.33. The van der Waals surface area contributed by atoms with Crippen molar-refractivity contribution in [1.82, 2.24) is 5.32 Å². The summed E-state index contributed by atoms with van der Waals surface area (Å²) < 4.78 is 35.1. The summed E-state index contributed by atoms with van der Waals surface area (Å²) in [5.41, 5.74) is 0. The molecule has 0 radical (unpaired) electrons. The molecule has 0 fully saturated rings. The summed E-state index contributed by atoms with van der Waals surface area (Å²) in [5.74, 6) is -0.896. The number of amidine groups is 1. The minimum Gasteiger partial charge on any atom is -0.365 e. The largest absolute Gasteiger partial charge is 0.398 e. The highest BCUT2D eigenvalue weighted by molar-refractivity contribution is 8.13. The number of nitrogens with zero attached hydrogens (tertiary/aromatic N) is 1. The number of thioether (sulfide) groups is 1. The molecular weight excluding hydrogens is 189 g/mol. The van der Waals surface area contributed by atoms with Crippen molar-refractivity contribution >= 4 is 16.9 Å². The van der Waals surface area contributed by atoms with Gasteiger partial charge in [-0.25, -0.2) is 0 Å². The minimum absolute atomic E-state index is 0.329. The third-order valence-corrected chi connectivity index (χ3v) is 1.98. The van der Waals surface area contributed by atoms with Crippen molar-refractivity contribution in [2.24, 2.45) is 4.99 Å². The first-order valence-electron chi connectivity index (χ1n) is 3.39. The molecule has 6 heteroatoms. The second kappa shape index (κ2) is 5.29. The van der Waals surface area contributed by atoms with Crippen molar-refractivity contribution in [2.75, 3.05) is 19.3 Å². The van der Waals surface area contributed by atoms with Gasteiger partial charge in [-0.1, -0.05) is 11.8 Å². The highest BCUT2D eigenvalue weighted by Gasteiger charge is 2.27. The Balaban J connectivity index is 3.74. The minimum atomic E-state index is -4.13. The Labute approximate surface area is 73.6 Å². The van der Waals surface area contributed by atoms with E-state index in [1.54, 1.807) is 6.92 Å². The number of nitrogens with one attached hydrogen (secondary N) is 1. The quantitative estimate of drug-likeness (QED) is 0.543. The Kier molecular flexibility index (Phi) is 5.12. The lowest BCUT2D eigenvalue weighted by molar-refractivity contribution is -0.105. The highest BCUT2D eigenvalue weighted by atomic mass is 32.2. The summed E-state index contributed by atoms with van der Waals surface area (Å²) in [4.78, 5) is 3.65. The smallest absolute Gasteiger partial charge is 0.365 e. The van der Waals surface area contributed by atoms with E-state index in [-0.39, 0.29) is 0 Å². The van der Waals surface area contributed by atoms with Gasteiger partial charge < -0.3 is 5.32 Å². The molecule has 0 aromatic carbocycles. The zero-order valence-corrected chi connectivity index (χ0v) is 7.72. The number of rotatable bonds is 2. The highest BCUT2D eigenvalue weighted by Crippen LogP contribution is 2.21. The number of hydrogen-bond acceptors (Lipinski definition) is 2. The fourth-order valence-corrected chi connectivity index (χ4v) is 1.17. The maximum absolute atomic E-state index is 11.7. The molecule has 1 N–H and O–H groups in total. The average Bonchev–Trinajstić information content (AvgIpc) is 1.96. The first-order valence-corrected chi connectivity index (χ1v) is 4.38. The van der Waals surface area contributed by atoms with Crippen molar-refractivity contribution in [1.29, 1.82) is 0 Å². The molecule has 0 heterocycles. The summed E-state index contributed by atoms with van der Waals surface area (Å²) >= 11 is 0.667. The van der Waals surface area contributed by atoms with Crippen molar-refractivity contribution in [3.63, 3.8) is 0 Å². The van der Waals surface area contributed by atoms with E-state index in [9.17, 15) is 13.2 Å². The number of alkyl halides is 3. The molecule has 72 valence electrons. The molecule has 0 aromatic heterocycles. The molecule has 0 aliphatic carbocycles. The van der Waals surface area contributed by atoms with Crippen LogP contribution in [0, 0.1) is 0 Å². The zero-order chi connectivity index (χ0) is 9.61. The van der Waals surface area contributed by atoms with E-state index in [1.807, 2.05) is 0 Å². The van der Waals surface area contributed by atoms with Crippen molar-refractivity contribution < 1.29 is 13.2 Å². The Morgan fingerprint density at radius 1 is 1.50 bits per heavy atom. The number of halogens is 3. The van der Waals surface area contributed by atoms with Crippen LogP contribution in [-0.2, 0) is 0 Å². The Morgan fingerprint density at radius 2 is 2.08 bits per heavy atom. The maximum Gasteiger partial charge on any atom is 0.398 e. The molecule has 0 saturated carbocycles. The van der Waals surface area contributed by atoms with Crippen LogP contribution in [-0.4, -0.2) is 30.7 Å². The standard InChI is InChI=1S/C6H11F3N2S/c1-3-11-5(10-2)12-4-6(7,8)9/h3-4H2,1-2H3,(H,10,11). The fraction of sp³-hybridized carbons (Fsp3) is 0.833. The summed E-state index contributed by atoms with van der Waals surface area (Å²) in [6.07, 6.45) is -4.13. The van der Waals surface area contributed by atoms with Gasteiger partial charge in [0.25, 0.3) is 0 Å². The van der Waals surface area contributed by atoms with Gasteiger partial charge in [-0.2, -0.15) is 13.2 Å². The second-order valence-electron chi connectivity index (χ2n) is 1.96. The summed E-state index contributed by atoms with van der Waals surface area (Å²) in [6, 6.07) is 0. The molecule has 0 saturated heterocycles. The zero-order valence-electron chi connectivity index (χ0n) is 6.90. The third-order valence-electron chi connectivity index (χ3n) is 0.904. The molecular formula is C6H11F3N2S. The SMILES string of the molecule is CCNC(=NC)SCC(F)(F)F. The molecule has 0 aliphatic rings. The van der Waals surface area contributed by atoms with Crippen molar-refractivity contribution in [2.45, 2.75) is 13.1 Å². The summed E-state index contributed by atoms with van der Waals surface area (Å²) in [5, 5.41) is 3.05. The van der Waals surface area contributed by atoms with Crippen molar-refractivity contribution in [3.05, 3.63) is 0 Å². The van der Waals surface area contributed by atoms with Gasteiger partial charge in [-0.3, -0.25) is 4.99 Å². The average molecular weight is 200 g/mol. The number of hydrogen-bond donors (Lipinski definition) is 1. The van der Waals surface area contributed by atoms with Gasteiger partial charge in [0.1, 0.15) is 0 Å². The second-order valence-corrected chi connectivity index (χ2v) is 2.93. The lowest BCUT2D eigenvalue weighted by atomic mass is 10.8. The molecule has 0 amide bonds. The summed E-state index contributed by atoms with van der Waals surface area (Å²) in [6.45, 7) is 2.39. The first kappa shape index (κ1) is 11.6. The molecule has 12 heavy (non-hydrogen) atoms. The normalized spacial score (nSPS) is 13.2. The van der Waals surface area contributed by atoms with Gasteiger partial charge in [-0.15, -0.1) is 0 Å². The van der Waals surface area contributed by atoms with E-state index in [1.165, 1.54) is 7.05 Å². The van der Waals surface area contributed by atoms with Crippen LogP contribution in [0.5, 0.6) is 0 Å². The maximum atomic E-state index is 11.7. The van der Waals surface area contributed by atoms with Gasteiger partial charge in [-0.05, 0) is 6.92 Å². The molecule has 0 unspecified atom stereocenters. The van der Waals surface area contributed by atoms with Gasteiger partial charge in [0.2, 0.25) is 0 Å². The van der Waals surface area contributed by atoms with Gasteiger partial charge >= 0.3 is 6.18 Å². The Hall–Kier alpha value is -0.390. The molecule has 0 spiro atoms. The van der Waals surface area contributed by atoms with Crippen molar-refractivity contribution in [3.8, 4) is 0 Å². The Morgan fingerprint density at radius 3 is 2.42 bits per heavy atom.